The lowest BCUT2D eigenvalue weighted by Crippen LogP contribution is -2.49. The Bertz CT molecular complexity index is 752. The van der Waals surface area contributed by atoms with Gasteiger partial charge in [-0.05, 0) is 37.1 Å². The number of rotatable bonds is 6. The van der Waals surface area contributed by atoms with E-state index in [4.69, 9.17) is 4.42 Å². The fourth-order valence-corrected chi connectivity index (χ4v) is 2.43. The smallest absolute Gasteiger partial charge is 0.256 e. The highest BCUT2D eigenvalue weighted by Gasteiger charge is 2.29. The Hall–Kier alpha value is -2.33. The van der Waals surface area contributed by atoms with Crippen molar-refractivity contribution in [2.24, 2.45) is 5.92 Å². The number of carbonyl (C=O) groups is 1. The molecule has 0 radical (unpaired) electrons. The molecular formula is C17H18FN3O2S. The van der Waals surface area contributed by atoms with Crippen LogP contribution in [0.25, 0.3) is 11.3 Å². The Labute approximate surface area is 144 Å². The third-order valence-corrected chi connectivity index (χ3v) is 4.57. The minimum Gasteiger partial charge on any atom is -0.431 e. The molecule has 5 nitrogen and oxygen atoms in total. The lowest BCUT2D eigenvalue weighted by Gasteiger charge is -2.27. The fraction of sp³-hybridized carbons (Fsp3) is 0.353. The van der Waals surface area contributed by atoms with Crippen molar-refractivity contribution in [1.29, 1.82) is 5.26 Å². The third kappa shape index (κ3) is 4.36. The van der Waals surface area contributed by atoms with Gasteiger partial charge in [0.1, 0.15) is 11.4 Å². The second-order valence-electron chi connectivity index (χ2n) is 5.80. The minimum atomic E-state index is -0.909. The number of thioether (sulfide) groups is 1. The van der Waals surface area contributed by atoms with Crippen LogP contribution in [0.1, 0.15) is 20.8 Å². The topological polar surface area (TPSA) is 78.9 Å². The van der Waals surface area contributed by atoms with Crippen molar-refractivity contribution in [1.82, 2.24) is 10.3 Å². The van der Waals surface area contributed by atoms with Gasteiger partial charge in [0.05, 0.1) is 18.0 Å². The van der Waals surface area contributed by atoms with Crippen molar-refractivity contribution in [2.45, 2.75) is 31.5 Å². The summed E-state index contributed by atoms with van der Waals surface area (Å²) in [7, 11) is 0. The Morgan fingerprint density at radius 3 is 2.71 bits per heavy atom. The molecule has 24 heavy (non-hydrogen) atoms. The first-order chi connectivity index (χ1) is 11.3. The predicted molar refractivity (Wildman–Crippen MR) is 89.6 cm³/mol. The van der Waals surface area contributed by atoms with Crippen LogP contribution in [0.3, 0.4) is 0 Å². The van der Waals surface area contributed by atoms with E-state index in [1.807, 2.05) is 13.8 Å². The van der Waals surface area contributed by atoms with Crippen LogP contribution in [-0.4, -0.2) is 22.2 Å². The number of nitriles is 1. The van der Waals surface area contributed by atoms with Crippen LogP contribution in [0.4, 0.5) is 4.39 Å². The monoisotopic (exact) mass is 347 g/mol. The maximum Gasteiger partial charge on any atom is 0.256 e. The van der Waals surface area contributed by atoms with Crippen molar-refractivity contribution >= 4 is 17.7 Å². The molecule has 1 N–H and O–H groups in total. The Morgan fingerprint density at radius 2 is 2.12 bits per heavy atom. The summed E-state index contributed by atoms with van der Waals surface area (Å²) in [6.45, 7) is 5.44. The van der Waals surface area contributed by atoms with Crippen LogP contribution in [-0.2, 0) is 4.79 Å². The number of hydrogen-bond acceptors (Lipinski definition) is 5. The summed E-state index contributed by atoms with van der Waals surface area (Å²) in [5, 5.41) is 12.3. The van der Waals surface area contributed by atoms with Crippen molar-refractivity contribution in [3.05, 3.63) is 36.3 Å². The summed E-state index contributed by atoms with van der Waals surface area (Å²) in [6.07, 6.45) is 1.53. The standard InChI is InChI=1S/C17H18FN3O2S/c1-11(2)17(3,10-19)21-15(22)9-24-16-20-8-14(23-16)12-4-6-13(18)7-5-12/h4-8,11H,9H2,1-3H3,(H,21,22). The van der Waals surface area contributed by atoms with Crippen LogP contribution in [0.5, 0.6) is 0 Å². The highest BCUT2D eigenvalue weighted by molar-refractivity contribution is 7.99. The molecule has 2 rings (SSSR count). The van der Waals surface area contributed by atoms with Gasteiger partial charge in [0.15, 0.2) is 5.76 Å². The molecule has 7 heteroatoms. The second-order valence-corrected chi connectivity index (χ2v) is 6.73. The van der Waals surface area contributed by atoms with Gasteiger partial charge in [-0.2, -0.15) is 5.26 Å². The minimum absolute atomic E-state index is 0.0109. The molecule has 1 unspecified atom stereocenters. The molecule has 0 saturated heterocycles. The quantitative estimate of drug-likeness (QED) is 0.807. The predicted octanol–water partition coefficient (Wildman–Crippen LogP) is 3.63. The molecule has 1 aromatic carbocycles. The number of oxazole rings is 1. The van der Waals surface area contributed by atoms with Gasteiger partial charge in [-0.25, -0.2) is 9.37 Å². The normalized spacial score (nSPS) is 13.3. The number of halogens is 1. The van der Waals surface area contributed by atoms with E-state index in [9.17, 15) is 14.4 Å². The SMILES string of the molecule is CC(C)C(C)(C#N)NC(=O)CSc1ncc(-c2ccc(F)cc2)o1. The zero-order valence-electron chi connectivity index (χ0n) is 13.7. The molecule has 0 aliphatic rings. The molecule has 0 aliphatic heterocycles. The second kappa shape index (κ2) is 7.49. The van der Waals surface area contributed by atoms with Gasteiger partial charge < -0.3 is 9.73 Å². The average Bonchev–Trinajstić information content (AvgIpc) is 3.02. The van der Waals surface area contributed by atoms with Crippen molar-refractivity contribution in [3.8, 4) is 17.4 Å². The van der Waals surface area contributed by atoms with Crippen LogP contribution < -0.4 is 5.32 Å². The van der Waals surface area contributed by atoms with Gasteiger partial charge >= 0.3 is 0 Å². The van der Waals surface area contributed by atoms with Gasteiger partial charge in [0, 0.05) is 5.56 Å². The van der Waals surface area contributed by atoms with Gasteiger partial charge in [0.2, 0.25) is 5.91 Å². The molecule has 1 atom stereocenters. The number of nitrogens with zero attached hydrogens (tertiary/aromatic N) is 2. The van der Waals surface area contributed by atoms with Crippen LogP contribution >= 0.6 is 11.8 Å². The first kappa shape index (κ1) is 18.0. The summed E-state index contributed by atoms with van der Waals surface area (Å²) in [6, 6.07) is 8.00. The summed E-state index contributed by atoms with van der Waals surface area (Å²) >= 11 is 1.14. The number of hydrogen-bond donors (Lipinski definition) is 1. The first-order valence-corrected chi connectivity index (χ1v) is 8.39. The summed E-state index contributed by atoms with van der Waals surface area (Å²) in [4.78, 5) is 16.1. The molecule has 0 spiro atoms. The molecule has 1 heterocycles. The molecule has 0 saturated carbocycles. The maximum atomic E-state index is 12.9. The summed E-state index contributed by atoms with van der Waals surface area (Å²) in [5.41, 5.74) is -0.204. The van der Waals surface area contributed by atoms with Crippen LogP contribution in [0.15, 0.2) is 40.1 Å². The van der Waals surface area contributed by atoms with Gasteiger partial charge in [-0.3, -0.25) is 4.79 Å². The van der Waals surface area contributed by atoms with E-state index in [0.29, 0.717) is 16.5 Å². The lowest BCUT2D eigenvalue weighted by molar-refractivity contribution is -0.120. The number of nitrogens with one attached hydrogen (secondary N) is 1. The maximum absolute atomic E-state index is 12.9. The molecule has 0 bridgehead atoms. The molecule has 0 aliphatic carbocycles. The zero-order valence-corrected chi connectivity index (χ0v) is 14.5. The van der Waals surface area contributed by atoms with E-state index >= 15 is 0 Å². The molecule has 1 amide bonds. The van der Waals surface area contributed by atoms with Gasteiger partial charge in [-0.15, -0.1) is 0 Å². The number of aromatic nitrogens is 1. The first-order valence-electron chi connectivity index (χ1n) is 7.41. The zero-order chi connectivity index (χ0) is 17.7. The van der Waals surface area contributed by atoms with Gasteiger partial charge in [0.25, 0.3) is 5.22 Å². The Morgan fingerprint density at radius 1 is 1.46 bits per heavy atom. The lowest BCUT2D eigenvalue weighted by atomic mass is 9.90. The van der Waals surface area contributed by atoms with Crippen LogP contribution in [0.2, 0.25) is 0 Å². The van der Waals surface area contributed by atoms with Gasteiger partial charge in [-0.1, -0.05) is 25.6 Å². The highest BCUT2D eigenvalue weighted by Crippen LogP contribution is 2.25. The molecule has 1 aromatic heterocycles. The van der Waals surface area contributed by atoms with E-state index < -0.39 is 5.54 Å². The summed E-state index contributed by atoms with van der Waals surface area (Å²) in [5.74, 6) is -0.00684. The number of amides is 1. The van der Waals surface area contributed by atoms with E-state index in [-0.39, 0.29) is 23.4 Å². The van der Waals surface area contributed by atoms with Crippen molar-refractivity contribution in [2.75, 3.05) is 5.75 Å². The number of benzene rings is 1. The summed E-state index contributed by atoms with van der Waals surface area (Å²) < 4.78 is 18.5. The largest absolute Gasteiger partial charge is 0.431 e. The van der Waals surface area contributed by atoms with E-state index in [0.717, 1.165) is 11.8 Å². The van der Waals surface area contributed by atoms with E-state index in [1.165, 1.54) is 18.3 Å². The van der Waals surface area contributed by atoms with Crippen molar-refractivity contribution in [3.63, 3.8) is 0 Å². The third-order valence-electron chi connectivity index (χ3n) is 3.73. The number of carbonyl (C=O) groups excluding carboxylic acids is 1. The van der Waals surface area contributed by atoms with E-state index in [2.05, 4.69) is 16.4 Å². The van der Waals surface area contributed by atoms with Crippen molar-refractivity contribution < 1.29 is 13.6 Å². The average molecular weight is 347 g/mol. The fourth-order valence-electron chi connectivity index (χ4n) is 1.83. The molecule has 2 aromatic rings. The van der Waals surface area contributed by atoms with E-state index in [1.54, 1.807) is 19.1 Å². The Balaban J connectivity index is 1.95. The Kier molecular flexibility index (Phi) is 5.62. The highest BCUT2D eigenvalue weighted by atomic mass is 32.2. The van der Waals surface area contributed by atoms with Crippen LogP contribution in [0, 0.1) is 23.1 Å². The molecular weight excluding hydrogens is 329 g/mol. The molecule has 126 valence electrons. The molecule has 0 fully saturated rings.